The molecular weight excluding hydrogens is 330 g/mol. The molecule has 2 N–H and O–H groups in total. The van der Waals surface area contributed by atoms with E-state index in [2.05, 4.69) is 45.7 Å². The molecule has 0 aliphatic rings. The summed E-state index contributed by atoms with van der Waals surface area (Å²) >= 11 is 1.67. The largest absolute Gasteiger partial charge is 0.382 e. The van der Waals surface area contributed by atoms with Crippen LogP contribution in [-0.2, 0) is 13.0 Å². The molecule has 0 aliphatic heterocycles. The number of benzene rings is 1. The van der Waals surface area contributed by atoms with Crippen LogP contribution in [0.3, 0.4) is 0 Å². The maximum atomic E-state index is 6.08. The third kappa shape index (κ3) is 4.72. The lowest BCUT2D eigenvalue weighted by Crippen LogP contribution is -2.02. The van der Waals surface area contributed by atoms with E-state index >= 15 is 0 Å². The monoisotopic (exact) mass is 355 g/mol. The molecule has 0 radical (unpaired) electrons. The fourth-order valence-corrected chi connectivity index (χ4v) is 3.58. The standard InChI is InChI=1S/C19H25N5S/c1-2-3-7-12-24-14-21-16-17(20)22-19(23-18(16)24)25-13-8-11-15-9-5-4-6-10-15/h4-6,9-10,14H,2-3,7-8,11-13H2,1H3,(H2,20,22,23). The van der Waals surface area contributed by atoms with E-state index in [1.807, 2.05) is 12.4 Å². The third-order valence-corrected chi connectivity index (χ3v) is 5.09. The number of unbranched alkanes of at least 4 members (excludes halogenated alkanes) is 2. The molecule has 5 nitrogen and oxygen atoms in total. The Hall–Kier alpha value is -2.08. The van der Waals surface area contributed by atoms with Gasteiger partial charge in [0, 0.05) is 12.3 Å². The van der Waals surface area contributed by atoms with Gasteiger partial charge in [-0.1, -0.05) is 61.9 Å². The number of anilines is 1. The first-order chi connectivity index (χ1) is 12.3. The Balaban J connectivity index is 1.62. The Morgan fingerprint density at radius 3 is 2.72 bits per heavy atom. The molecule has 2 heterocycles. The van der Waals surface area contributed by atoms with Crippen molar-refractivity contribution >= 4 is 28.7 Å². The van der Waals surface area contributed by atoms with Crippen LogP contribution in [0.4, 0.5) is 5.82 Å². The zero-order chi connectivity index (χ0) is 17.5. The van der Waals surface area contributed by atoms with Crippen LogP contribution in [0.1, 0.15) is 38.2 Å². The second kappa shape index (κ2) is 8.85. The molecule has 0 aliphatic carbocycles. The predicted octanol–water partition coefficient (Wildman–Crippen LogP) is 4.32. The van der Waals surface area contributed by atoms with Crippen LogP contribution in [0, 0.1) is 0 Å². The molecule has 0 atom stereocenters. The second-order valence-electron chi connectivity index (χ2n) is 6.15. The van der Waals surface area contributed by atoms with Crippen molar-refractivity contribution in [3.8, 4) is 0 Å². The van der Waals surface area contributed by atoms with Gasteiger partial charge in [0.05, 0.1) is 6.33 Å². The molecule has 6 heteroatoms. The highest BCUT2D eigenvalue weighted by molar-refractivity contribution is 7.99. The van der Waals surface area contributed by atoms with Gasteiger partial charge in [0.1, 0.15) is 5.52 Å². The quantitative estimate of drug-likeness (QED) is 0.351. The van der Waals surface area contributed by atoms with E-state index in [0.29, 0.717) is 11.3 Å². The fourth-order valence-electron chi connectivity index (χ4n) is 2.79. The van der Waals surface area contributed by atoms with Crippen molar-refractivity contribution in [3.05, 3.63) is 42.2 Å². The number of nitrogens with two attached hydrogens (primary N) is 1. The van der Waals surface area contributed by atoms with Gasteiger partial charge in [-0.25, -0.2) is 15.0 Å². The Bertz CT molecular complexity index is 800. The molecule has 0 unspecified atom stereocenters. The first-order valence-corrected chi connectivity index (χ1v) is 9.91. The smallest absolute Gasteiger partial charge is 0.191 e. The molecule has 0 saturated heterocycles. The number of aryl methyl sites for hydroxylation is 2. The maximum absolute atomic E-state index is 6.08. The van der Waals surface area contributed by atoms with Crippen molar-refractivity contribution < 1.29 is 0 Å². The van der Waals surface area contributed by atoms with Crippen LogP contribution in [0.25, 0.3) is 11.2 Å². The lowest BCUT2D eigenvalue weighted by Gasteiger charge is -2.06. The minimum atomic E-state index is 0.477. The van der Waals surface area contributed by atoms with Crippen molar-refractivity contribution in [2.24, 2.45) is 0 Å². The molecule has 132 valence electrons. The molecule has 0 fully saturated rings. The Morgan fingerprint density at radius 2 is 1.92 bits per heavy atom. The van der Waals surface area contributed by atoms with Crippen LogP contribution in [0.5, 0.6) is 0 Å². The van der Waals surface area contributed by atoms with E-state index in [1.54, 1.807) is 11.8 Å². The molecule has 3 rings (SSSR count). The maximum Gasteiger partial charge on any atom is 0.191 e. The minimum absolute atomic E-state index is 0.477. The highest BCUT2D eigenvalue weighted by Crippen LogP contribution is 2.22. The van der Waals surface area contributed by atoms with Crippen molar-refractivity contribution in [1.29, 1.82) is 0 Å². The van der Waals surface area contributed by atoms with Crippen molar-refractivity contribution in [1.82, 2.24) is 19.5 Å². The predicted molar refractivity (Wildman–Crippen MR) is 105 cm³/mol. The van der Waals surface area contributed by atoms with Gasteiger partial charge in [0.25, 0.3) is 0 Å². The van der Waals surface area contributed by atoms with E-state index in [4.69, 9.17) is 10.7 Å². The summed E-state index contributed by atoms with van der Waals surface area (Å²) in [6.07, 6.45) is 7.53. The molecule has 0 spiro atoms. The van der Waals surface area contributed by atoms with Crippen molar-refractivity contribution in [3.63, 3.8) is 0 Å². The number of hydrogen-bond acceptors (Lipinski definition) is 5. The third-order valence-electron chi connectivity index (χ3n) is 4.16. The number of rotatable bonds is 9. The second-order valence-corrected chi connectivity index (χ2v) is 7.21. The fraction of sp³-hybridized carbons (Fsp3) is 0.421. The highest BCUT2D eigenvalue weighted by Gasteiger charge is 2.11. The average molecular weight is 356 g/mol. The number of imidazole rings is 1. The SMILES string of the molecule is CCCCCn1cnc2c(N)nc(SCCCc3ccccc3)nc21. The molecule has 1 aromatic carbocycles. The van der Waals surface area contributed by atoms with Crippen LogP contribution in [-0.4, -0.2) is 25.3 Å². The van der Waals surface area contributed by atoms with Gasteiger partial charge in [-0.3, -0.25) is 0 Å². The number of aromatic nitrogens is 4. The molecular formula is C19H25N5S. The van der Waals surface area contributed by atoms with E-state index in [0.717, 1.165) is 42.4 Å². The molecule has 2 aromatic heterocycles. The number of nitrogen functional groups attached to an aromatic ring is 1. The van der Waals surface area contributed by atoms with E-state index in [9.17, 15) is 0 Å². The Labute approximate surface area is 153 Å². The summed E-state index contributed by atoms with van der Waals surface area (Å²) in [4.78, 5) is 13.5. The first kappa shape index (κ1) is 17.7. The summed E-state index contributed by atoms with van der Waals surface area (Å²) in [5, 5.41) is 0.746. The summed E-state index contributed by atoms with van der Waals surface area (Å²) in [5.74, 6) is 1.45. The molecule has 0 bridgehead atoms. The Morgan fingerprint density at radius 1 is 1.08 bits per heavy atom. The lowest BCUT2D eigenvalue weighted by atomic mass is 10.1. The summed E-state index contributed by atoms with van der Waals surface area (Å²) < 4.78 is 2.09. The van der Waals surface area contributed by atoms with Gasteiger partial charge in [-0.15, -0.1) is 0 Å². The normalized spacial score (nSPS) is 11.2. The topological polar surface area (TPSA) is 69.6 Å². The number of fused-ring (bicyclic) bond motifs is 1. The van der Waals surface area contributed by atoms with Gasteiger partial charge >= 0.3 is 0 Å². The van der Waals surface area contributed by atoms with Crippen LogP contribution < -0.4 is 5.73 Å². The van der Waals surface area contributed by atoms with Gasteiger partial charge in [-0.2, -0.15) is 0 Å². The zero-order valence-electron chi connectivity index (χ0n) is 14.7. The molecule has 0 saturated carbocycles. The van der Waals surface area contributed by atoms with Crippen LogP contribution in [0.2, 0.25) is 0 Å². The number of hydrogen-bond donors (Lipinski definition) is 1. The van der Waals surface area contributed by atoms with E-state index < -0.39 is 0 Å². The minimum Gasteiger partial charge on any atom is -0.382 e. The molecule has 0 amide bonds. The number of thioether (sulfide) groups is 1. The number of nitrogens with zero attached hydrogens (tertiary/aromatic N) is 4. The lowest BCUT2D eigenvalue weighted by molar-refractivity contribution is 0.609. The van der Waals surface area contributed by atoms with Gasteiger partial charge < -0.3 is 10.3 Å². The summed E-state index contributed by atoms with van der Waals surface area (Å²) in [5.41, 5.74) is 9.02. The van der Waals surface area contributed by atoms with E-state index in [-0.39, 0.29) is 0 Å². The van der Waals surface area contributed by atoms with Gasteiger partial charge in [-0.05, 0) is 24.8 Å². The van der Waals surface area contributed by atoms with E-state index in [1.165, 1.54) is 18.4 Å². The summed E-state index contributed by atoms with van der Waals surface area (Å²) in [7, 11) is 0. The molecule has 25 heavy (non-hydrogen) atoms. The summed E-state index contributed by atoms with van der Waals surface area (Å²) in [6.45, 7) is 3.13. The Kier molecular flexibility index (Phi) is 6.28. The molecule has 3 aromatic rings. The van der Waals surface area contributed by atoms with Crippen molar-refractivity contribution in [2.75, 3.05) is 11.5 Å². The van der Waals surface area contributed by atoms with Crippen molar-refractivity contribution in [2.45, 2.75) is 50.7 Å². The zero-order valence-corrected chi connectivity index (χ0v) is 15.5. The average Bonchev–Trinajstić information content (AvgIpc) is 3.04. The highest BCUT2D eigenvalue weighted by atomic mass is 32.2. The summed E-state index contributed by atoms with van der Waals surface area (Å²) in [6, 6.07) is 10.5. The van der Waals surface area contributed by atoms with Gasteiger partial charge in [0.2, 0.25) is 0 Å². The first-order valence-electron chi connectivity index (χ1n) is 8.93. The van der Waals surface area contributed by atoms with Crippen LogP contribution >= 0.6 is 11.8 Å². The van der Waals surface area contributed by atoms with Gasteiger partial charge in [0.15, 0.2) is 16.6 Å². The van der Waals surface area contributed by atoms with Crippen LogP contribution in [0.15, 0.2) is 41.8 Å².